The highest BCUT2D eigenvalue weighted by Gasteiger charge is 2.37. The van der Waals surface area contributed by atoms with Gasteiger partial charge in [0.1, 0.15) is 6.04 Å². The number of hydrogen-bond donors (Lipinski definition) is 3. The largest absolute Gasteiger partial charge is 0.480 e. The first-order valence-electron chi connectivity index (χ1n) is 3.43. The summed E-state index contributed by atoms with van der Waals surface area (Å²) in [5, 5.41) is 13.2. The Labute approximate surface area is 69.9 Å². The van der Waals surface area contributed by atoms with E-state index in [1.54, 1.807) is 0 Å². The van der Waals surface area contributed by atoms with Crippen LogP contribution in [0.2, 0.25) is 0 Å². The smallest absolute Gasteiger partial charge is 0.322 e. The first-order chi connectivity index (χ1) is 5.40. The number of hydrogen-bond acceptors (Lipinski definition) is 3. The molecule has 70 valence electrons. The van der Waals surface area contributed by atoms with E-state index in [0.29, 0.717) is 0 Å². The van der Waals surface area contributed by atoms with Crippen molar-refractivity contribution in [3.05, 3.63) is 0 Å². The average Bonchev–Trinajstić information content (AvgIpc) is 2.61. The molecule has 0 aromatic heterocycles. The molecule has 1 aliphatic carbocycles. The van der Waals surface area contributed by atoms with Gasteiger partial charge < -0.3 is 5.11 Å². The quantitative estimate of drug-likeness (QED) is 0.513. The van der Waals surface area contributed by atoms with Gasteiger partial charge in [-0.25, -0.2) is 5.14 Å². The molecule has 1 atom stereocenters. The van der Waals surface area contributed by atoms with E-state index in [-0.39, 0.29) is 5.92 Å². The van der Waals surface area contributed by atoms with Crippen molar-refractivity contribution in [2.45, 2.75) is 18.9 Å². The third kappa shape index (κ3) is 2.76. The SMILES string of the molecule is NS(=O)(=O)NC(C(=O)O)C1CC1. The van der Waals surface area contributed by atoms with Gasteiger partial charge in [0.05, 0.1) is 0 Å². The van der Waals surface area contributed by atoms with Gasteiger partial charge in [-0.15, -0.1) is 0 Å². The van der Waals surface area contributed by atoms with Gasteiger partial charge in [0.15, 0.2) is 0 Å². The summed E-state index contributed by atoms with van der Waals surface area (Å²) in [4.78, 5) is 10.5. The molecule has 0 amide bonds. The van der Waals surface area contributed by atoms with Crippen LogP contribution in [-0.4, -0.2) is 25.5 Å². The highest BCUT2D eigenvalue weighted by atomic mass is 32.2. The summed E-state index contributed by atoms with van der Waals surface area (Å²) in [6.45, 7) is 0. The Morgan fingerprint density at radius 1 is 1.58 bits per heavy atom. The molecule has 6 nitrogen and oxygen atoms in total. The van der Waals surface area contributed by atoms with Crippen LogP contribution in [0.15, 0.2) is 0 Å². The van der Waals surface area contributed by atoms with E-state index in [0.717, 1.165) is 12.8 Å². The van der Waals surface area contributed by atoms with Crippen molar-refractivity contribution >= 4 is 16.2 Å². The summed E-state index contributed by atoms with van der Waals surface area (Å²) in [6, 6.07) is -1.06. The third-order valence-electron chi connectivity index (χ3n) is 1.65. The Kier molecular flexibility index (Phi) is 2.36. The number of aliphatic carboxylic acids is 1. The molecule has 4 N–H and O–H groups in total. The van der Waals surface area contributed by atoms with E-state index >= 15 is 0 Å². The van der Waals surface area contributed by atoms with Crippen molar-refractivity contribution in [1.82, 2.24) is 4.72 Å². The molecule has 0 aromatic rings. The van der Waals surface area contributed by atoms with Crippen LogP contribution in [0.1, 0.15) is 12.8 Å². The van der Waals surface area contributed by atoms with E-state index in [1.807, 2.05) is 4.72 Å². The van der Waals surface area contributed by atoms with E-state index in [1.165, 1.54) is 0 Å². The molecule has 0 heterocycles. The molecule has 0 radical (unpaired) electrons. The first kappa shape index (κ1) is 9.43. The third-order valence-corrected chi connectivity index (χ3v) is 2.23. The van der Waals surface area contributed by atoms with E-state index in [9.17, 15) is 13.2 Å². The number of nitrogens with one attached hydrogen (secondary N) is 1. The molecule has 7 heteroatoms. The van der Waals surface area contributed by atoms with E-state index < -0.39 is 22.2 Å². The van der Waals surface area contributed by atoms with Crippen molar-refractivity contribution in [2.75, 3.05) is 0 Å². The first-order valence-corrected chi connectivity index (χ1v) is 4.97. The van der Waals surface area contributed by atoms with Gasteiger partial charge in [-0.3, -0.25) is 4.79 Å². The van der Waals surface area contributed by atoms with Crippen molar-refractivity contribution in [3.63, 3.8) is 0 Å². The standard InChI is InChI=1S/C5H10N2O4S/c6-12(10,11)7-4(5(8)9)3-1-2-3/h3-4,7H,1-2H2,(H,8,9)(H2,6,10,11). The summed E-state index contributed by atoms with van der Waals surface area (Å²) in [5.41, 5.74) is 0. The van der Waals surface area contributed by atoms with Gasteiger partial charge in [0.25, 0.3) is 10.2 Å². The van der Waals surface area contributed by atoms with Crippen molar-refractivity contribution < 1.29 is 18.3 Å². The Bertz CT molecular complexity index is 282. The number of rotatable bonds is 4. The Balaban J connectivity index is 2.61. The summed E-state index contributed by atoms with van der Waals surface area (Å²) in [7, 11) is -3.90. The molecule has 0 aromatic carbocycles. The molecule has 1 rings (SSSR count). The fraction of sp³-hybridized carbons (Fsp3) is 0.800. The second kappa shape index (κ2) is 3.00. The topological polar surface area (TPSA) is 109 Å². The highest BCUT2D eigenvalue weighted by Crippen LogP contribution is 2.32. The average molecular weight is 194 g/mol. The lowest BCUT2D eigenvalue weighted by Crippen LogP contribution is -2.45. The van der Waals surface area contributed by atoms with Crippen molar-refractivity contribution in [2.24, 2.45) is 11.1 Å². The van der Waals surface area contributed by atoms with Gasteiger partial charge in [0.2, 0.25) is 0 Å². The summed E-state index contributed by atoms with van der Waals surface area (Å²) in [6.07, 6.45) is 1.47. The fourth-order valence-corrected chi connectivity index (χ4v) is 1.60. The Morgan fingerprint density at radius 2 is 2.08 bits per heavy atom. The monoisotopic (exact) mass is 194 g/mol. The van der Waals surface area contributed by atoms with Crippen LogP contribution in [0.25, 0.3) is 0 Å². The van der Waals surface area contributed by atoms with Crippen LogP contribution < -0.4 is 9.86 Å². The number of nitrogens with two attached hydrogens (primary N) is 1. The van der Waals surface area contributed by atoms with Gasteiger partial charge in [-0.1, -0.05) is 0 Å². The molecule has 1 unspecified atom stereocenters. The second-order valence-corrected chi connectivity index (χ2v) is 4.14. The van der Waals surface area contributed by atoms with Crippen LogP contribution in [0, 0.1) is 5.92 Å². The van der Waals surface area contributed by atoms with Gasteiger partial charge in [0, 0.05) is 0 Å². The van der Waals surface area contributed by atoms with Gasteiger partial charge in [-0.2, -0.15) is 13.1 Å². The van der Waals surface area contributed by atoms with Crippen LogP contribution in [-0.2, 0) is 15.0 Å². The lowest BCUT2D eigenvalue weighted by Gasteiger charge is -2.10. The molecule has 0 saturated heterocycles. The van der Waals surface area contributed by atoms with E-state index in [2.05, 4.69) is 5.14 Å². The van der Waals surface area contributed by atoms with Crippen molar-refractivity contribution in [1.29, 1.82) is 0 Å². The molecule has 0 spiro atoms. The Morgan fingerprint density at radius 3 is 2.33 bits per heavy atom. The molecule has 1 saturated carbocycles. The van der Waals surface area contributed by atoms with Crippen LogP contribution in [0.5, 0.6) is 0 Å². The van der Waals surface area contributed by atoms with Crippen molar-refractivity contribution in [3.8, 4) is 0 Å². The summed E-state index contributed by atoms with van der Waals surface area (Å²) in [5.74, 6) is -1.27. The maximum Gasteiger partial charge on any atom is 0.322 e. The predicted octanol–water partition coefficient (Wildman–Crippen LogP) is -1.36. The molecule has 1 fully saturated rings. The van der Waals surface area contributed by atoms with Crippen LogP contribution in [0.4, 0.5) is 0 Å². The normalized spacial score (nSPS) is 20.4. The molecular weight excluding hydrogens is 184 g/mol. The maximum absolute atomic E-state index is 10.5. The molecular formula is C5H10N2O4S. The predicted molar refractivity (Wildman–Crippen MR) is 40.4 cm³/mol. The van der Waals surface area contributed by atoms with Crippen LogP contribution in [0.3, 0.4) is 0 Å². The number of carboxylic acid groups (broad SMARTS) is 1. The molecule has 1 aliphatic rings. The molecule has 12 heavy (non-hydrogen) atoms. The second-order valence-electron chi connectivity index (χ2n) is 2.82. The van der Waals surface area contributed by atoms with Crippen LogP contribution >= 0.6 is 0 Å². The zero-order chi connectivity index (χ0) is 9.35. The van der Waals surface area contributed by atoms with Gasteiger partial charge >= 0.3 is 5.97 Å². The summed E-state index contributed by atoms with van der Waals surface area (Å²) < 4.78 is 22.8. The summed E-state index contributed by atoms with van der Waals surface area (Å²) >= 11 is 0. The number of carboxylic acids is 1. The zero-order valence-corrected chi connectivity index (χ0v) is 7.04. The molecule has 0 bridgehead atoms. The fourth-order valence-electron chi connectivity index (χ4n) is 0.955. The Hall–Kier alpha value is -0.660. The maximum atomic E-state index is 10.5. The highest BCUT2D eigenvalue weighted by molar-refractivity contribution is 7.87. The number of carbonyl (C=O) groups is 1. The zero-order valence-electron chi connectivity index (χ0n) is 6.23. The minimum absolute atomic E-state index is 0.0965. The van der Waals surface area contributed by atoms with Gasteiger partial charge in [-0.05, 0) is 18.8 Å². The van der Waals surface area contributed by atoms with E-state index in [4.69, 9.17) is 5.11 Å². The minimum atomic E-state index is -3.90. The lowest BCUT2D eigenvalue weighted by molar-refractivity contribution is -0.139. The lowest BCUT2D eigenvalue weighted by atomic mass is 10.2. The molecule has 0 aliphatic heterocycles. The minimum Gasteiger partial charge on any atom is -0.480 e.